The molecule has 6 heteroatoms. The highest BCUT2D eigenvalue weighted by atomic mass is 19.2. The molecule has 0 amide bonds. The van der Waals surface area contributed by atoms with Crippen molar-refractivity contribution in [2.24, 2.45) is 5.73 Å². The summed E-state index contributed by atoms with van der Waals surface area (Å²) in [6.45, 7) is 1.54. The van der Waals surface area contributed by atoms with E-state index in [1.54, 1.807) is 7.11 Å². The second-order valence-corrected chi connectivity index (χ2v) is 5.01. The smallest absolute Gasteiger partial charge is 0.161 e. The van der Waals surface area contributed by atoms with Crippen LogP contribution in [0.3, 0.4) is 0 Å². The molecule has 3 nitrogen and oxygen atoms in total. The molecule has 0 radical (unpaired) electrons. The molecular weight excluding hydrogens is 269 g/mol. The molecule has 0 saturated carbocycles. The number of hydrogen-bond donors (Lipinski definition) is 1. The standard InChI is InChI=1S/C14H19F3N2O/c1-20-9-2-4-19(5-3-9)14(8-18)10-6-12(16)13(17)7-11(10)15/h6-7,9,14H,2-5,8,18H2,1H3. The molecule has 0 bridgehead atoms. The van der Waals surface area contributed by atoms with Gasteiger partial charge in [-0.15, -0.1) is 0 Å². The van der Waals surface area contributed by atoms with Gasteiger partial charge in [-0.05, 0) is 18.9 Å². The summed E-state index contributed by atoms with van der Waals surface area (Å²) in [5.41, 5.74) is 5.82. The number of nitrogens with zero attached hydrogens (tertiary/aromatic N) is 1. The molecule has 1 heterocycles. The van der Waals surface area contributed by atoms with Gasteiger partial charge in [0.2, 0.25) is 0 Å². The number of rotatable bonds is 4. The average Bonchev–Trinajstić information content (AvgIpc) is 2.46. The van der Waals surface area contributed by atoms with Crippen molar-refractivity contribution >= 4 is 0 Å². The molecule has 112 valence electrons. The normalized spacial score (nSPS) is 19.2. The number of piperidine rings is 1. The maximum Gasteiger partial charge on any atom is 0.161 e. The highest BCUT2D eigenvalue weighted by molar-refractivity contribution is 5.24. The lowest BCUT2D eigenvalue weighted by Gasteiger charge is -2.37. The molecule has 1 fully saturated rings. The zero-order valence-electron chi connectivity index (χ0n) is 11.4. The Labute approximate surface area is 116 Å². The number of nitrogens with two attached hydrogens (primary N) is 1. The molecule has 1 aromatic rings. The molecule has 1 unspecified atom stereocenters. The van der Waals surface area contributed by atoms with Crippen LogP contribution in [0.15, 0.2) is 12.1 Å². The van der Waals surface area contributed by atoms with Gasteiger partial charge in [-0.1, -0.05) is 0 Å². The summed E-state index contributed by atoms with van der Waals surface area (Å²) in [5.74, 6) is -2.99. The fourth-order valence-electron chi connectivity index (χ4n) is 2.69. The number of ether oxygens (including phenoxy) is 1. The van der Waals surface area contributed by atoms with Crippen molar-refractivity contribution in [3.63, 3.8) is 0 Å². The van der Waals surface area contributed by atoms with Crippen LogP contribution < -0.4 is 5.73 Å². The molecule has 2 N–H and O–H groups in total. The van der Waals surface area contributed by atoms with E-state index in [2.05, 4.69) is 0 Å². The Kier molecular flexibility index (Phi) is 5.01. The van der Waals surface area contributed by atoms with Crippen molar-refractivity contribution in [2.75, 3.05) is 26.7 Å². The Morgan fingerprint density at radius 2 is 1.80 bits per heavy atom. The van der Waals surface area contributed by atoms with E-state index in [1.165, 1.54) is 0 Å². The SMILES string of the molecule is COC1CCN(C(CN)c2cc(F)c(F)cc2F)CC1. The highest BCUT2D eigenvalue weighted by Gasteiger charge is 2.27. The van der Waals surface area contributed by atoms with Crippen LogP contribution in [0.5, 0.6) is 0 Å². The van der Waals surface area contributed by atoms with Gasteiger partial charge in [0.05, 0.1) is 12.1 Å². The fourth-order valence-corrected chi connectivity index (χ4v) is 2.69. The molecule has 1 aromatic carbocycles. The minimum atomic E-state index is -1.18. The monoisotopic (exact) mass is 288 g/mol. The molecule has 0 aromatic heterocycles. The Bertz CT molecular complexity index is 462. The Hall–Kier alpha value is -1.11. The molecular formula is C14H19F3N2O. The second kappa shape index (κ2) is 6.56. The van der Waals surface area contributed by atoms with Crippen molar-refractivity contribution in [3.05, 3.63) is 35.1 Å². The lowest BCUT2D eigenvalue weighted by atomic mass is 10.00. The van der Waals surface area contributed by atoms with Gasteiger partial charge in [-0.3, -0.25) is 4.90 Å². The van der Waals surface area contributed by atoms with E-state index in [9.17, 15) is 13.2 Å². The average molecular weight is 288 g/mol. The minimum Gasteiger partial charge on any atom is -0.381 e. The summed E-state index contributed by atoms with van der Waals surface area (Å²) in [6, 6.07) is 1.04. The predicted octanol–water partition coefficient (Wildman–Crippen LogP) is 2.21. The van der Waals surface area contributed by atoms with Crippen LogP contribution in [0.4, 0.5) is 13.2 Å². The first-order valence-electron chi connectivity index (χ1n) is 6.68. The number of benzene rings is 1. The summed E-state index contributed by atoms with van der Waals surface area (Å²) in [4.78, 5) is 1.99. The van der Waals surface area contributed by atoms with Gasteiger partial charge >= 0.3 is 0 Å². The maximum atomic E-state index is 13.9. The molecule has 1 aliphatic rings. The van der Waals surface area contributed by atoms with Crippen molar-refractivity contribution in [3.8, 4) is 0 Å². The van der Waals surface area contributed by atoms with E-state index < -0.39 is 23.5 Å². The lowest BCUT2D eigenvalue weighted by Crippen LogP contribution is -2.42. The van der Waals surface area contributed by atoms with Crippen LogP contribution >= 0.6 is 0 Å². The number of methoxy groups -OCH3 is 1. The molecule has 1 atom stereocenters. The first kappa shape index (κ1) is 15.3. The van der Waals surface area contributed by atoms with Gasteiger partial charge in [-0.25, -0.2) is 13.2 Å². The van der Waals surface area contributed by atoms with Gasteiger partial charge in [0.1, 0.15) is 5.82 Å². The molecule has 20 heavy (non-hydrogen) atoms. The largest absolute Gasteiger partial charge is 0.381 e. The predicted molar refractivity (Wildman–Crippen MR) is 69.7 cm³/mol. The number of likely N-dealkylation sites (tertiary alicyclic amines) is 1. The zero-order valence-corrected chi connectivity index (χ0v) is 11.4. The van der Waals surface area contributed by atoms with Crippen molar-refractivity contribution in [1.29, 1.82) is 0 Å². The summed E-state index contributed by atoms with van der Waals surface area (Å²) in [5, 5.41) is 0. The Morgan fingerprint density at radius 1 is 1.20 bits per heavy atom. The summed E-state index contributed by atoms with van der Waals surface area (Å²) in [6.07, 6.45) is 1.83. The van der Waals surface area contributed by atoms with E-state index in [0.29, 0.717) is 19.2 Å². The summed E-state index contributed by atoms with van der Waals surface area (Å²) in [7, 11) is 1.66. The van der Waals surface area contributed by atoms with Crippen molar-refractivity contribution in [2.45, 2.75) is 25.0 Å². The van der Waals surface area contributed by atoms with E-state index in [4.69, 9.17) is 10.5 Å². The highest BCUT2D eigenvalue weighted by Crippen LogP contribution is 2.28. The van der Waals surface area contributed by atoms with Gasteiger partial charge in [-0.2, -0.15) is 0 Å². The van der Waals surface area contributed by atoms with Crippen LogP contribution in [0.2, 0.25) is 0 Å². The van der Waals surface area contributed by atoms with E-state index in [-0.39, 0.29) is 18.2 Å². The van der Waals surface area contributed by atoms with Gasteiger partial charge in [0.15, 0.2) is 11.6 Å². The van der Waals surface area contributed by atoms with E-state index in [0.717, 1.165) is 18.9 Å². The van der Waals surface area contributed by atoms with Gasteiger partial charge in [0.25, 0.3) is 0 Å². The van der Waals surface area contributed by atoms with E-state index >= 15 is 0 Å². The van der Waals surface area contributed by atoms with Crippen LogP contribution in [0, 0.1) is 17.5 Å². The minimum absolute atomic E-state index is 0.113. The number of halogens is 3. The van der Waals surface area contributed by atoms with Gasteiger partial charge in [0, 0.05) is 38.4 Å². The van der Waals surface area contributed by atoms with Crippen LogP contribution in [0.25, 0.3) is 0 Å². The molecule has 0 aliphatic carbocycles. The number of hydrogen-bond acceptors (Lipinski definition) is 3. The topological polar surface area (TPSA) is 38.5 Å². The quantitative estimate of drug-likeness (QED) is 0.863. The third-order valence-corrected chi connectivity index (χ3v) is 3.87. The second-order valence-electron chi connectivity index (χ2n) is 5.01. The van der Waals surface area contributed by atoms with E-state index in [1.807, 2.05) is 4.90 Å². The van der Waals surface area contributed by atoms with Crippen molar-refractivity contribution in [1.82, 2.24) is 4.90 Å². The third-order valence-electron chi connectivity index (χ3n) is 3.87. The molecule has 1 aliphatic heterocycles. The Morgan fingerprint density at radius 3 is 2.35 bits per heavy atom. The lowest BCUT2D eigenvalue weighted by molar-refractivity contribution is 0.0275. The Balaban J connectivity index is 2.18. The van der Waals surface area contributed by atoms with Crippen LogP contribution in [-0.2, 0) is 4.74 Å². The van der Waals surface area contributed by atoms with Gasteiger partial charge < -0.3 is 10.5 Å². The van der Waals surface area contributed by atoms with Crippen molar-refractivity contribution < 1.29 is 17.9 Å². The maximum absolute atomic E-state index is 13.9. The summed E-state index contributed by atoms with van der Waals surface area (Å²) < 4.78 is 45.4. The van der Waals surface area contributed by atoms with Crippen LogP contribution in [-0.4, -0.2) is 37.7 Å². The first-order valence-corrected chi connectivity index (χ1v) is 6.68. The zero-order chi connectivity index (χ0) is 14.7. The third kappa shape index (κ3) is 3.13. The fraction of sp³-hybridized carbons (Fsp3) is 0.571. The first-order chi connectivity index (χ1) is 9.56. The molecule has 1 saturated heterocycles. The summed E-state index contributed by atoms with van der Waals surface area (Å²) >= 11 is 0. The van der Waals surface area contributed by atoms with Crippen LogP contribution in [0.1, 0.15) is 24.4 Å². The molecule has 2 rings (SSSR count). The molecule has 0 spiro atoms.